The van der Waals surface area contributed by atoms with Gasteiger partial charge in [-0.3, -0.25) is 9.59 Å². The van der Waals surface area contributed by atoms with Crippen molar-refractivity contribution in [1.29, 1.82) is 0 Å². The van der Waals surface area contributed by atoms with E-state index in [0.717, 1.165) is 5.56 Å². The molecule has 1 aliphatic rings. The van der Waals surface area contributed by atoms with Crippen LogP contribution in [0, 0.1) is 5.92 Å². The molecule has 1 atom stereocenters. The highest BCUT2D eigenvalue weighted by atomic mass is 16.2. The van der Waals surface area contributed by atoms with Gasteiger partial charge in [-0.15, -0.1) is 0 Å². The first-order valence-corrected chi connectivity index (χ1v) is 6.84. The largest absolute Gasteiger partial charge is 0.339 e. The lowest BCUT2D eigenvalue weighted by atomic mass is 10.0. The van der Waals surface area contributed by atoms with Crippen LogP contribution in [0.5, 0.6) is 0 Å². The molecule has 1 saturated heterocycles. The van der Waals surface area contributed by atoms with Gasteiger partial charge in [0.1, 0.15) is 11.7 Å². The van der Waals surface area contributed by atoms with E-state index in [4.69, 9.17) is 0 Å². The monoisotopic (exact) mass is 272 g/mol. The number of benzene rings is 1. The second-order valence-corrected chi connectivity index (χ2v) is 5.51. The third-order valence-corrected chi connectivity index (χ3v) is 3.29. The molecule has 1 aromatic rings. The zero-order valence-electron chi connectivity index (χ0n) is 11.9. The second-order valence-electron chi connectivity index (χ2n) is 5.51. The zero-order valence-corrected chi connectivity index (χ0v) is 11.9. The molecule has 20 heavy (non-hydrogen) atoms. The van der Waals surface area contributed by atoms with Crippen molar-refractivity contribution >= 4 is 11.8 Å². The minimum Gasteiger partial charge on any atom is -0.339 e. The zero-order chi connectivity index (χ0) is 14.7. The van der Waals surface area contributed by atoms with Gasteiger partial charge in [-0.25, -0.2) is 0 Å². The van der Waals surface area contributed by atoms with E-state index in [2.05, 4.69) is 11.9 Å². The molecule has 4 heteroatoms. The Kier molecular flexibility index (Phi) is 4.23. The van der Waals surface area contributed by atoms with E-state index in [1.165, 1.54) is 4.90 Å². The van der Waals surface area contributed by atoms with Crippen molar-refractivity contribution in [3.05, 3.63) is 48.2 Å². The third-order valence-electron chi connectivity index (χ3n) is 3.29. The number of carbonyl (C=O) groups excluding carboxylic acids is 2. The van der Waals surface area contributed by atoms with Gasteiger partial charge in [0.25, 0.3) is 5.91 Å². The molecule has 0 saturated carbocycles. The van der Waals surface area contributed by atoms with Crippen molar-refractivity contribution in [1.82, 2.24) is 10.2 Å². The Hall–Kier alpha value is -2.10. The van der Waals surface area contributed by atoms with E-state index in [0.29, 0.717) is 18.9 Å². The van der Waals surface area contributed by atoms with Crippen molar-refractivity contribution < 1.29 is 9.59 Å². The standard InChI is InChI=1S/C16H20N2O2/c1-11(2)10-18-12(3)15(19)17-14(16(18)20)9-13-7-5-4-6-8-13/h4-8,11,14H,3,9-10H2,1-2H3,(H,17,19)/t14-/m0/s1. The average molecular weight is 272 g/mol. The van der Waals surface area contributed by atoms with Gasteiger partial charge in [-0.1, -0.05) is 50.8 Å². The van der Waals surface area contributed by atoms with Crippen molar-refractivity contribution in [3.8, 4) is 0 Å². The molecule has 0 unspecified atom stereocenters. The van der Waals surface area contributed by atoms with Crippen LogP contribution < -0.4 is 5.32 Å². The Morgan fingerprint density at radius 2 is 1.90 bits per heavy atom. The lowest BCUT2D eigenvalue weighted by Crippen LogP contribution is -2.57. The molecule has 106 valence electrons. The highest BCUT2D eigenvalue weighted by Gasteiger charge is 2.35. The predicted octanol–water partition coefficient (Wildman–Crippen LogP) is 1.73. The molecule has 1 aliphatic heterocycles. The van der Waals surface area contributed by atoms with Gasteiger partial charge in [0.2, 0.25) is 5.91 Å². The first kappa shape index (κ1) is 14.3. The van der Waals surface area contributed by atoms with Crippen molar-refractivity contribution in [2.24, 2.45) is 5.92 Å². The number of hydrogen-bond acceptors (Lipinski definition) is 2. The molecule has 2 amide bonds. The van der Waals surface area contributed by atoms with Crippen LogP contribution in [0.3, 0.4) is 0 Å². The second kappa shape index (κ2) is 5.90. The van der Waals surface area contributed by atoms with Crippen LogP contribution in [0.25, 0.3) is 0 Å². The number of hydrogen-bond donors (Lipinski definition) is 1. The topological polar surface area (TPSA) is 49.4 Å². The van der Waals surface area contributed by atoms with Gasteiger partial charge in [0, 0.05) is 13.0 Å². The summed E-state index contributed by atoms with van der Waals surface area (Å²) in [5.41, 5.74) is 1.27. The highest BCUT2D eigenvalue weighted by molar-refractivity contribution is 6.04. The van der Waals surface area contributed by atoms with Gasteiger partial charge in [0.15, 0.2) is 0 Å². The van der Waals surface area contributed by atoms with Gasteiger partial charge >= 0.3 is 0 Å². The van der Waals surface area contributed by atoms with E-state index in [1.807, 2.05) is 44.2 Å². The van der Waals surface area contributed by atoms with Crippen LogP contribution in [0.4, 0.5) is 0 Å². The van der Waals surface area contributed by atoms with E-state index in [9.17, 15) is 9.59 Å². The summed E-state index contributed by atoms with van der Waals surface area (Å²) in [4.78, 5) is 25.9. The van der Waals surface area contributed by atoms with Crippen LogP contribution >= 0.6 is 0 Å². The van der Waals surface area contributed by atoms with Crippen LogP contribution in [0.15, 0.2) is 42.6 Å². The van der Waals surface area contributed by atoms with E-state index in [1.54, 1.807) is 0 Å². The third kappa shape index (κ3) is 3.07. The smallest absolute Gasteiger partial charge is 0.268 e. The van der Waals surface area contributed by atoms with Crippen molar-refractivity contribution in [3.63, 3.8) is 0 Å². The van der Waals surface area contributed by atoms with E-state index >= 15 is 0 Å². The Morgan fingerprint density at radius 1 is 1.25 bits per heavy atom. The first-order valence-electron chi connectivity index (χ1n) is 6.84. The molecular weight excluding hydrogens is 252 g/mol. The summed E-state index contributed by atoms with van der Waals surface area (Å²) < 4.78 is 0. The van der Waals surface area contributed by atoms with Crippen molar-refractivity contribution in [2.45, 2.75) is 26.3 Å². The minimum absolute atomic E-state index is 0.0767. The first-order chi connectivity index (χ1) is 9.49. The van der Waals surface area contributed by atoms with Gasteiger partial charge in [-0.05, 0) is 11.5 Å². The van der Waals surface area contributed by atoms with Crippen LogP contribution in [0.2, 0.25) is 0 Å². The van der Waals surface area contributed by atoms with Crippen LogP contribution in [-0.2, 0) is 16.0 Å². The molecule has 0 spiro atoms. The summed E-state index contributed by atoms with van der Waals surface area (Å²) in [5, 5.41) is 2.74. The predicted molar refractivity (Wildman–Crippen MR) is 77.8 cm³/mol. The molecule has 0 radical (unpaired) electrons. The fourth-order valence-corrected chi connectivity index (χ4v) is 2.30. The van der Waals surface area contributed by atoms with Crippen LogP contribution in [-0.4, -0.2) is 29.3 Å². The minimum atomic E-state index is -0.505. The van der Waals surface area contributed by atoms with Crippen LogP contribution in [0.1, 0.15) is 19.4 Å². The lowest BCUT2D eigenvalue weighted by Gasteiger charge is -2.35. The number of amides is 2. The summed E-state index contributed by atoms with van der Waals surface area (Å²) in [6, 6.07) is 9.18. The number of piperazine rings is 1. The fraction of sp³-hybridized carbons (Fsp3) is 0.375. The Balaban J connectivity index is 2.16. The number of rotatable bonds is 4. The molecule has 1 aromatic carbocycles. The number of nitrogens with zero attached hydrogens (tertiary/aromatic N) is 1. The molecule has 2 rings (SSSR count). The molecule has 0 aromatic heterocycles. The lowest BCUT2D eigenvalue weighted by molar-refractivity contribution is -0.140. The highest BCUT2D eigenvalue weighted by Crippen LogP contribution is 2.17. The SMILES string of the molecule is C=C1C(=O)N[C@@H](Cc2ccccc2)C(=O)N1CC(C)C. The summed E-state index contributed by atoms with van der Waals surface area (Å²) in [6.45, 7) is 8.27. The summed E-state index contributed by atoms with van der Waals surface area (Å²) in [6.07, 6.45) is 0.507. The molecule has 1 N–H and O–H groups in total. The summed E-state index contributed by atoms with van der Waals surface area (Å²) >= 11 is 0. The fourth-order valence-electron chi connectivity index (χ4n) is 2.30. The molecule has 4 nitrogen and oxygen atoms in total. The average Bonchev–Trinajstić information content (AvgIpc) is 2.42. The molecular formula is C16H20N2O2. The molecule has 0 aliphatic carbocycles. The number of nitrogens with one attached hydrogen (secondary N) is 1. The van der Waals surface area contributed by atoms with Gasteiger partial charge in [0.05, 0.1) is 0 Å². The maximum Gasteiger partial charge on any atom is 0.268 e. The quantitative estimate of drug-likeness (QED) is 0.849. The maximum atomic E-state index is 12.5. The normalized spacial score (nSPS) is 19.4. The van der Waals surface area contributed by atoms with Gasteiger partial charge < -0.3 is 10.2 Å². The van der Waals surface area contributed by atoms with Crippen molar-refractivity contribution in [2.75, 3.05) is 6.54 Å². The summed E-state index contributed by atoms with van der Waals surface area (Å²) in [7, 11) is 0. The van der Waals surface area contributed by atoms with E-state index < -0.39 is 6.04 Å². The summed E-state index contributed by atoms with van der Waals surface area (Å²) in [5.74, 6) is -0.0442. The van der Waals surface area contributed by atoms with E-state index in [-0.39, 0.29) is 17.5 Å². The Bertz CT molecular complexity index is 523. The Morgan fingerprint density at radius 3 is 2.50 bits per heavy atom. The molecule has 1 fully saturated rings. The molecule has 1 heterocycles. The molecule has 0 bridgehead atoms. The Labute approximate surface area is 119 Å². The van der Waals surface area contributed by atoms with Gasteiger partial charge in [-0.2, -0.15) is 0 Å². The number of carbonyl (C=O) groups is 2. The maximum absolute atomic E-state index is 12.5.